The van der Waals surface area contributed by atoms with Crippen LogP contribution in [0.3, 0.4) is 0 Å². The molecule has 2 atom stereocenters. The molecule has 148 valence electrons. The third kappa shape index (κ3) is 6.65. The number of carbonyl (C=O) groups is 3. The second-order valence-electron chi connectivity index (χ2n) is 6.90. The van der Waals surface area contributed by atoms with Gasteiger partial charge in [0.1, 0.15) is 0 Å². The number of aliphatic carboxylic acids is 3. The molecule has 2 rings (SSSR count). The minimum atomic E-state index is -1.09. The van der Waals surface area contributed by atoms with Gasteiger partial charge in [0.25, 0.3) is 0 Å². The van der Waals surface area contributed by atoms with Crippen LogP contribution < -0.4 is 0 Å². The lowest BCUT2D eigenvalue weighted by Gasteiger charge is -2.44. The van der Waals surface area contributed by atoms with E-state index in [1.807, 2.05) is 35.2 Å². The van der Waals surface area contributed by atoms with E-state index in [0.29, 0.717) is 19.4 Å². The number of rotatable bonds is 10. The van der Waals surface area contributed by atoms with Gasteiger partial charge < -0.3 is 15.3 Å². The van der Waals surface area contributed by atoms with Gasteiger partial charge in [-0.15, -0.1) is 0 Å². The van der Waals surface area contributed by atoms with Gasteiger partial charge in [0.15, 0.2) is 0 Å². The van der Waals surface area contributed by atoms with Crippen molar-refractivity contribution in [2.75, 3.05) is 19.6 Å². The number of hydrogen-bond acceptors (Lipinski definition) is 5. The molecule has 0 heterocycles. The first-order chi connectivity index (χ1) is 12.9. The van der Waals surface area contributed by atoms with Gasteiger partial charge in [0.2, 0.25) is 0 Å². The highest BCUT2D eigenvalue weighted by Gasteiger charge is 2.36. The van der Waals surface area contributed by atoms with Gasteiger partial charge in [-0.05, 0) is 18.4 Å². The summed E-state index contributed by atoms with van der Waals surface area (Å²) in [5.74, 6) is -3.14. The van der Waals surface area contributed by atoms with Crippen molar-refractivity contribution in [3.63, 3.8) is 0 Å². The molecule has 0 saturated heterocycles. The summed E-state index contributed by atoms with van der Waals surface area (Å²) in [7, 11) is 0. The predicted octanol–water partition coefficient (Wildman–Crippen LogP) is 1.36. The third-order valence-corrected chi connectivity index (χ3v) is 4.88. The molecular formula is C19H26N2O6. The van der Waals surface area contributed by atoms with Crippen LogP contribution in [0.4, 0.5) is 0 Å². The zero-order valence-corrected chi connectivity index (χ0v) is 15.2. The highest BCUT2D eigenvalue weighted by atomic mass is 16.4. The fraction of sp³-hybridized carbons (Fsp3) is 0.526. The highest BCUT2D eigenvalue weighted by Crippen LogP contribution is 2.28. The van der Waals surface area contributed by atoms with E-state index in [4.69, 9.17) is 0 Å². The SMILES string of the molecule is O=C(O)CN(CC(=O)O)[C@H]1CCCC[C@@H]1N(CC(=O)O)Cc1ccccc1. The normalized spacial score (nSPS) is 19.9. The van der Waals surface area contributed by atoms with Gasteiger partial charge in [0.05, 0.1) is 19.6 Å². The van der Waals surface area contributed by atoms with Gasteiger partial charge in [-0.25, -0.2) is 0 Å². The molecule has 0 radical (unpaired) electrons. The van der Waals surface area contributed by atoms with Crippen LogP contribution in [0.2, 0.25) is 0 Å². The van der Waals surface area contributed by atoms with Crippen molar-refractivity contribution in [3.05, 3.63) is 35.9 Å². The molecule has 27 heavy (non-hydrogen) atoms. The Hall–Kier alpha value is -2.45. The number of carboxylic acid groups (broad SMARTS) is 3. The van der Waals surface area contributed by atoms with Crippen molar-refractivity contribution >= 4 is 17.9 Å². The molecule has 1 aliphatic carbocycles. The second-order valence-corrected chi connectivity index (χ2v) is 6.90. The largest absolute Gasteiger partial charge is 0.480 e. The third-order valence-electron chi connectivity index (χ3n) is 4.88. The number of carboxylic acids is 3. The Morgan fingerprint density at radius 3 is 1.70 bits per heavy atom. The average Bonchev–Trinajstić information content (AvgIpc) is 2.60. The summed E-state index contributed by atoms with van der Waals surface area (Å²) < 4.78 is 0. The molecule has 8 heteroatoms. The van der Waals surface area contributed by atoms with Crippen molar-refractivity contribution in [1.29, 1.82) is 0 Å². The molecular weight excluding hydrogens is 352 g/mol. The molecule has 0 amide bonds. The Bertz CT molecular complexity index is 635. The minimum Gasteiger partial charge on any atom is -0.480 e. The van der Waals surface area contributed by atoms with Gasteiger partial charge >= 0.3 is 17.9 Å². The van der Waals surface area contributed by atoms with Gasteiger partial charge in [0, 0.05) is 18.6 Å². The Morgan fingerprint density at radius 2 is 1.22 bits per heavy atom. The minimum absolute atomic E-state index is 0.177. The summed E-state index contributed by atoms with van der Waals surface area (Å²) in [4.78, 5) is 37.2. The molecule has 0 unspecified atom stereocenters. The number of benzene rings is 1. The van der Waals surface area contributed by atoms with E-state index in [0.717, 1.165) is 18.4 Å². The number of hydrogen-bond donors (Lipinski definition) is 3. The van der Waals surface area contributed by atoms with E-state index < -0.39 is 17.9 Å². The van der Waals surface area contributed by atoms with E-state index in [-0.39, 0.29) is 31.7 Å². The fourth-order valence-electron chi connectivity index (χ4n) is 3.86. The van der Waals surface area contributed by atoms with Crippen LogP contribution in [0.1, 0.15) is 31.2 Å². The molecule has 1 fully saturated rings. The molecule has 1 aliphatic rings. The van der Waals surface area contributed by atoms with Crippen LogP contribution in [-0.2, 0) is 20.9 Å². The molecule has 0 spiro atoms. The summed E-state index contributed by atoms with van der Waals surface area (Å²) >= 11 is 0. The van der Waals surface area contributed by atoms with Crippen LogP contribution in [0, 0.1) is 0 Å². The van der Waals surface area contributed by atoms with E-state index >= 15 is 0 Å². The van der Waals surface area contributed by atoms with Crippen molar-refractivity contribution in [1.82, 2.24) is 9.80 Å². The Morgan fingerprint density at radius 1 is 0.778 bits per heavy atom. The maximum Gasteiger partial charge on any atom is 0.317 e. The first-order valence-electron chi connectivity index (χ1n) is 9.04. The van der Waals surface area contributed by atoms with Crippen LogP contribution in [0.25, 0.3) is 0 Å². The molecule has 1 aromatic carbocycles. The monoisotopic (exact) mass is 378 g/mol. The maximum atomic E-state index is 11.4. The lowest BCUT2D eigenvalue weighted by Crippen LogP contribution is -2.56. The first-order valence-corrected chi connectivity index (χ1v) is 9.04. The summed E-state index contributed by atoms with van der Waals surface area (Å²) in [6.07, 6.45) is 3.12. The van der Waals surface area contributed by atoms with Crippen LogP contribution in [0.15, 0.2) is 30.3 Å². The zero-order valence-electron chi connectivity index (χ0n) is 15.2. The summed E-state index contributed by atoms with van der Waals surface area (Å²) in [6.45, 7) is -0.508. The lowest BCUT2D eigenvalue weighted by atomic mass is 9.87. The van der Waals surface area contributed by atoms with Crippen molar-refractivity contribution in [2.24, 2.45) is 0 Å². The number of nitrogens with zero attached hydrogens (tertiary/aromatic N) is 2. The van der Waals surface area contributed by atoms with Crippen molar-refractivity contribution < 1.29 is 29.7 Å². The maximum absolute atomic E-state index is 11.4. The molecule has 0 aromatic heterocycles. The summed E-state index contributed by atoms with van der Waals surface area (Å²) in [5.41, 5.74) is 0.964. The Kier molecular flexibility index (Phi) is 7.75. The Balaban J connectivity index is 2.26. The van der Waals surface area contributed by atoms with Gasteiger partial charge in [-0.2, -0.15) is 0 Å². The predicted molar refractivity (Wildman–Crippen MR) is 97.4 cm³/mol. The fourth-order valence-corrected chi connectivity index (χ4v) is 3.86. The van der Waals surface area contributed by atoms with Crippen LogP contribution in [0.5, 0.6) is 0 Å². The van der Waals surface area contributed by atoms with E-state index in [1.54, 1.807) is 0 Å². The zero-order chi connectivity index (χ0) is 19.8. The van der Waals surface area contributed by atoms with E-state index in [2.05, 4.69) is 0 Å². The highest BCUT2D eigenvalue weighted by molar-refractivity contribution is 5.72. The van der Waals surface area contributed by atoms with Crippen molar-refractivity contribution in [2.45, 2.75) is 44.3 Å². The van der Waals surface area contributed by atoms with Crippen LogP contribution >= 0.6 is 0 Å². The topological polar surface area (TPSA) is 118 Å². The molecule has 1 saturated carbocycles. The second kappa shape index (κ2) is 10.0. The smallest absolute Gasteiger partial charge is 0.317 e. The summed E-state index contributed by atoms with van der Waals surface area (Å²) in [6, 6.07) is 8.96. The first kappa shape index (κ1) is 20.9. The van der Waals surface area contributed by atoms with E-state index in [1.165, 1.54) is 4.90 Å². The standard InChI is InChI=1S/C19H26N2O6/c22-17(23)11-20(10-14-6-2-1-3-7-14)15-8-4-5-9-16(15)21(12-18(24)25)13-19(26)27/h1-3,6-7,15-16H,4-5,8-13H2,(H,22,23)(H,24,25)(H,26,27)/t15-,16-/m0/s1. The molecule has 0 aliphatic heterocycles. The molecule has 8 nitrogen and oxygen atoms in total. The lowest BCUT2D eigenvalue weighted by molar-refractivity contribution is -0.146. The van der Waals surface area contributed by atoms with E-state index in [9.17, 15) is 29.7 Å². The quantitative estimate of drug-likeness (QED) is 0.558. The average molecular weight is 378 g/mol. The molecule has 3 N–H and O–H groups in total. The van der Waals surface area contributed by atoms with Gasteiger partial charge in [-0.1, -0.05) is 43.2 Å². The Labute approximate surface area is 158 Å². The molecule has 0 bridgehead atoms. The molecule has 1 aromatic rings. The van der Waals surface area contributed by atoms with Crippen LogP contribution in [-0.4, -0.2) is 74.7 Å². The van der Waals surface area contributed by atoms with Crippen molar-refractivity contribution in [3.8, 4) is 0 Å². The van der Waals surface area contributed by atoms with Gasteiger partial charge in [-0.3, -0.25) is 24.2 Å². The summed E-state index contributed by atoms with van der Waals surface area (Å²) in [5, 5.41) is 27.7.